The lowest BCUT2D eigenvalue weighted by Gasteiger charge is -2.22. The van der Waals surface area contributed by atoms with Crippen molar-refractivity contribution in [1.29, 1.82) is 0 Å². The van der Waals surface area contributed by atoms with Crippen LogP contribution in [0.3, 0.4) is 0 Å². The summed E-state index contributed by atoms with van der Waals surface area (Å²) in [7, 11) is -3.85. The predicted octanol–water partition coefficient (Wildman–Crippen LogP) is 3.07. The molecule has 0 aliphatic carbocycles. The van der Waals surface area contributed by atoms with E-state index in [4.69, 9.17) is 4.74 Å². The molecular formula is C20H20N2O7S2. The minimum atomic E-state index is -3.85. The Balaban J connectivity index is 1.76. The van der Waals surface area contributed by atoms with Gasteiger partial charge in [0.2, 0.25) is 0 Å². The minimum absolute atomic E-state index is 0.215. The lowest BCUT2D eigenvalue weighted by Crippen LogP contribution is -2.35. The second kappa shape index (κ2) is 9.06. The number of sulfone groups is 1. The van der Waals surface area contributed by atoms with Gasteiger partial charge in [-0.2, -0.15) is 0 Å². The summed E-state index contributed by atoms with van der Waals surface area (Å²) in [6.07, 6.45) is 1.60. The SMILES string of the molecule is CC1CCN(C(=O)COC(=O)c2ccc(S(C)(=O)=O)c([N+](=O)[O-])c2)c2ccccc2S1. The maximum Gasteiger partial charge on any atom is 0.338 e. The van der Waals surface area contributed by atoms with Crippen molar-refractivity contribution in [2.24, 2.45) is 0 Å². The zero-order valence-electron chi connectivity index (χ0n) is 16.8. The molecular weight excluding hydrogens is 444 g/mol. The van der Waals surface area contributed by atoms with Crippen LogP contribution in [0.15, 0.2) is 52.3 Å². The number of carbonyl (C=O) groups excluding carboxylic acids is 2. The van der Waals surface area contributed by atoms with Crippen molar-refractivity contribution in [3.63, 3.8) is 0 Å². The number of hydrogen-bond donors (Lipinski definition) is 0. The number of benzene rings is 2. The van der Waals surface area contributed by atoms with E-state index in [0.29, 0.717) is 11.8 Å². The van der Waals surface area contributed by atoms with E-state index in [1.807, 2.05) is 24.3 Å². The Morgan fingerprint density at radius 1 is 1.26 bits per heavy atom. The highest BCUT2D eigenvalue weighted by Gasteiger charge is 2.27. The molecule has 0 bridgehead atoms. The van der Waals surface area contributed by atoms with Crippen molar-refractivity contribution in [3.8, 4) is 0 Å². The molecule has 0 aromatic heterocycles. The maximum atomic E-state index is 12.8. The molecule has 1 aliphatic heterocycles. The van der Waals surface area contributed by atoms with E-state index in [-0.39, 0.29) is 5.56 Å². The molecule has 1 atom stereocenters. The van der Waals surface area contributed by atoms with Gasteiger partial charge < -0.3 is 9.64 Å². The molecule has 2 aromatic carbocycles. The van der Waals surface area contributed by atoms with E-state index < -0.39 is 43.8 Å². The number of nitrogens with zero attached hydrogens (tertiary/aromatic N) is 2. The summed E-state index contributed by atoms with van der Waals surface area (Å²) in [6.45, 7) is 1.99. The highest BCUT2D eigenvalue weighted by molar-refractivity contribution is 8.00. The Morgan fingerprint density at radius 2 is 1.97 bits per heavy atom. The zero-order valence-corrected chi connectivity index (χ0v) is 18.4. The van der Waals surface area contributed by atoms with E-state index in [0.717, 1.165) is 41.5 Å². The van der Waals surface area contributed by atoms with Crippen LogP contribution in [0.2, 0.25) is 0 Å². The maximum absolute atomic E-state index is 12.8. The van der Waals surface area contributed by atoms with Gasteiger partial charge in [-0.1, -0.05) is 19.1 Å². The summed E-state index contributed by atoms with van der Waals surface area (Å²) in [5.41, 5.74) is -0.200. The number of esters is 1. The average molecular weight is 465 g/mol. The Morgan fingerprint density at radius 3 is 2.65 bits per heavy atom. The van der Waals surface area contributed by atoms with Crippen LogP contribution in [-0.4, -0.2) is 49.9 Å². The predicted molar refractivity (Wildman–Crippen MR) is 115 cm³/mol. The second-order valence-electron chi connectivity index (χ2n) is 7.02. The Bertz CT molecular complexity index is 1150. The first kappa shape index (κ1) is 22.8. The van der Waals surface area contributed by atoms with Crippen molar-refractivity contribution < 1.29 is 27.7 Å². The lowest BCUT2D eigenvalue weighted by molar-refractivity contribution is -0.387. The molecule has 1 aliphatic rings. The molecule has 11 heteroatoms. The number of para-hydroxylation sites is 1. The third-order valence-corrected chi connectivity index (χ3v) is 7.04. The van der Waals surface area contributed by atoms with Crippen LogP contribution in [0, 0.1) is 10.1 Å². The molecule has 0 N–H and O–H groups in total. The zero-order chi connectivity index (χ0) is 22.8. The van der Waals surface area contributed by atoms with Gasteiger partial charge in [0.1, 0.15) is 4.90 Å². The van der Waals surface area contributed by atoms with Crippen molar-refractivity contribution in [3.05, 3.63) is 58.1 Å². The van der Waals surface area contributed by atoms with Crippen molar-refractivity contribution in [2.45, 2.75) is 28.4 Å². The Kier molecular flexibility index (Phi) is 6.65. The topological polar surface area (TPSA) is 124 Å². The number of amides is 1. The number of rotatable bonds is 5. The molecule has 0 radical (unpaired) electrons. The van der Waals surface area contributed by atoms with Crippen LogP contribution in [0.4, 0.5) is 11.4 Å². The summed E-state index contributed by atoms with van der Waals surface area (Å²) in [4.78, 5) is 37.5. The molecule has 0 spiro atoms. The lowest BCUT2D eigenvalue weighted by atomic mass is 10.2. The van der Waals surface area contributed by atoms with Gasteiger partial charge >= 0.3 is 5.97 Å². The van der Waals surface area contributed by atoms with E-state index in [2.05, 4.69) is 6.92 Å². The fraction of sp³-hybridized carbons (Fsp3) is 0.300. The number of fused-ring (bicyclic) bond motifs is 1. The monoisotopic (exact) mass is 464 g/mol. The van der Waals surface area contributed by atoms with Crippen molar-refractivity contribution in [1.82, 2.24) is 0 Å². The van der Waals surface area contributed by atoms with Gasteiger partial charge in [-0.3, -0.25) is 14.9 Å². The first-order chi connectivity index (χ1) is 14.6. The molecule has 0 saturated carbocycles. The molecule has 3 rings (SSSR count). The number of carbonyl (C=O) groups is 2. The van der Waals surface area contributed by atoms with Crippen molar-refractivity contribution in [2.75, 3.05) is 24.3 Å². The van der Waals surface area contributed by atoms with E-state index in [1.165, 1.54) is 0 Å². The number of nitro benzene ring substituents is 1. The van der Waals surface area contributed by atoms with Gasteiger partial charge in [0.15, 0.2) is 16.4 Å². The van der Waals surface area contributed by atoms with Crippen LogP contribution in [0.5, 0.6) is 0 Å². The minimum Gasteiger partial charge on any atom is -0.452 e. The Hall–Kier alpha value is -2.92. The molecule has 2 aromatic rings. The number of thioether (sulfide) groups is 1. The molecule has 0 saturated heterocycles. The number of nitro groups is 1. The van der Waals surface area contributed by atoms with Gasteiger partial charge in [-0.25, -0.2) is 13.2 Å². The molecule has 1 unspecified atom stereocenters. The highest BCUT2D eigenvalue weighted by Crippen LogP contribution is 2.37. The third-order valence-electron chi connectivity index (χ3n) is 4.66. The van der Waals surface area contributed by atoms with Crippen LogP contribution < -0.4 is 4.90 Å². The van der Waals surface area contributed by atoms with E-state index in [1.54, 1.807) is 16.7 Å². The highest BCUT2D eigenvalue weighted by atomic mass is 32.2. The van der Waals surface area contributed by atoms with Gasteiger partial charge in [0, 0.05) is 29.0 Å². The summed E-state index contributed by atoms with van der Waals surface area (Å²) < 4.78 is 28.5. The summed E-state index contributed by atoms with van der Waals surface area (Å²) in [6, 6.07) is 10.4. The molecule has 1 heterocycles. The van der Waals surface area contributed by atoms with Gasteiger partial charge in [-0.15, -0.1) is 11.8 Å². The van der Waals surface area contributed by atoms with E-state index >= 15 is 0 Å². The fourth-order valence-corrected chi connectivity index (χ4v) is 5.08. The number of anilines is 1. The largest absolute Gasteiger partial charge is 0.452 e. The summed E-state index contributed by atoms with van der Waals surface area (Å²) in [5, 5.41) is 11.5. The number of ether oxygens (including phenoxy) is 1. The van der Waals surface area contributed by atoms with Gasteiger partial charge in [-0.05, 0) is 30.7 Å². The standard InChI is InChI=1S/C20H20N2O7S2/c1-13-9-10-21(15-5-3-4-6-17(15)30-13)19(23)12-29-20(24)14-7-8-18(31(2,27)28)16(11-14)22(25)26/h3-8,11,13H,9-10,12H2,1-2H3. The van der Waals surface area contributed by atoms with Crippen LogP contribution in [0.25, 0.3) is 0 Å². The third kappa shape index (κ3) is 5.23. The average Bonchev–Trinajstić information content (AvgIpc) is 2.88. The first-order valence-electron chi connectivity index (χ1n) is 9.29. The quantitative estimate of drug-likeness (QED) is 0.376. The summed E-state index contributed by atoms with van der Waals surface area (Å²) >= 11 is 1.67. The van der Waals surface area contributed by atoms with E-state index in [9.17, 15) is 28.1 Å². The Labute approximate surface area is 183 Å². The first-order valence-corrected chi connectivity index (χ1v) is 12.1. The normalized spacial score (nSPS) is 16.2. The van der Waals surface area contributed by atoms with Crippen LogP contribution >= 0.6 is 11.8 Å². The summed E-state index contributed by atoms with van der Waals surface area (Å²) in [5.74, 6) is -1.37. The van der Waals surface area contributed by atoms with Crippen molar-refractivity contribution >= 4 is 44.9 Å². The molecule has 31 heavy (non-hydrogen) atoms. The molecule has 164 valence electrons. The van der Waals surface area contributed by atoms with Gasteiger partial charge in [0.25, 0.3) is 11.6 Å². The molecule has 0 fully saturated rings. The molecule has 1 amide bonds. The smallest absolute Gasteiger partial charge is 0.338 e. The fourth-order valence-electron chi connectivity index (χ4n) is 3.13. The van der Waals surface area contributed by atoms with Crippen LogP contribution in [-0.2, 0) is 19.4 Å². The molecule has 9 nitrogen and oxygen atoms in total. The van der Waals surface area contributed by atoms with Gasteiger partial charge in [0.05, 0.1) is 16.2 Å². The number of hydrogen-bond acceptors (Lipinski definition) is 8. The van der Waals surface area contributed by atoms with Crippen LogP contribution in [0.1, 0.15) is 23.7 Å². The second-order valence-corrected chi connectivity index (χ2v) is 10.5.